The van der Waals surface area contributed by atoms with Crippen LogP contribution < -0.4 is 14.5 Å². The third kappa shape index (κ3) is 4.97. The summed E-state index contributed by atoms with van der Waals surface area (Å²) in [4.78, 5) is 58.1. The lowest BCUT2D eigenvalue weighted by molar-refractivity contribution is -0.136. The number of hydrogen-bond acceptors (Lipinski definition) is 8. The molecule has 0 spiro atoms. The van der Waals surface area contributed by atoms with Crippen molar-refractivity contribution in [2.75, 3.05) is 38.3 Å². The quantitative estimate of drug-likeness (QED) is 0.406. The summed E-state index contributed by atoms with van der Waals surface area (Å²) >= 11 is 2.29. The van der Waals surface area contributed by atoms with E-state index < -0.39 is 17.1 Å². The van der Waals surface area contributed by atoms with Crippen LogP contribution in [0.15, 0.2) is 58.4 Å². The van der Waals surface area contributed by atoms with Crippen molar-refractivity contribution in [1.82, 2.24) is 9.47 Å². The van der Waals surface area contributed by atoms with E-state index in [-0.39, 0.29) is 34.6 Å². The number of nitrogens with zero attached hydrogens (tertiary/aromatic N) is 3. The zero-order chi connectivity index (χ0) is 29.8. The molecule has 0 N–H and O–H groups in total. The van der Waals surface area contributed by atoms with Gasteiger partial charge in [-0.15, -0.1) is 0 Å². The molecule has 3 amide bonds. The molecule has 3 aliphatic heterocycles. The first-order chi connectivity index (χ1) is 20.1. The molecule has 1 aromatic heterocycles. The number of thioether (sulfide) groups is 1. The van der Waals surface area contributed by atoms with Crippen molar-refractivity contribution in [3.8, 4) is 5.75 Å². The van der Waals surface area contributed by atoms with Gasteiger partial charge in [0, 0.05) is 23.9 Å². The van der Waals surface area contributed by atoms with E-state index in [0.717, 1.165) is 27.3 Å². The summed E-state index contributed by atoms with van der Waals surface area (Å²) in [5, 5.41) is -0.145. The molecule has 3 aliphatic rings. The Kier molecular flexibility index (Phi) is 7.53. The Morgan fingerprint density at radius 1 is 0.976 bits per heavy atom. The summed E-state index contributed by atoms with van der Waals surface area (Å²) in [6.07, 6.45) is 0. The number of imide groups is 1. The van der Waals surface area contributed by atoms with Crippen LogP contribution >= 0.6 is 23.1 Å². The molecule has 11 heteroatoms. The Hall–Kier alpha value is -3.41. The SMILES string of the molecule is COc1ccc(N2C(=O)[C@H]3[C@H](c4ccc(C(C)(C)C)cc4)c4sc(=O)n(CC(=O)N5CCOCC5)c4S[C@H]3C2=O)cc1. The van der Waals surface area contributed by atoms with Crippen molar-refractivity contribution in [2.45, 2.75) is 48.9 Å². The molecule has 220 valence electrons. The smallest absolute Gasteiger partial charge is 0.308 e. The van der Waals surface area contributed by atoms with Crippen molar-refractivity contribution in [1.29, 1.82) is 0 Å². The summed E-state index contributed by atoms with van der Waals surface area (Å²) < 4.78 is 12.1. The maximum absolute atomic E-state index is 14.1. The molecule has 0 saturated carbocycles. The molecule has 0 bridgehead atoms. The van der Waals surface area contributed by atoms with Crippen LogP contribution in [0.1, 0.15) is 42.7 Å². The number of methoxy groups -OCH3 is 1. The summed E-state index contributed by atoms with van der Waals surface area (Å²) in [6, 6.07) is 15.0. The summed E-state index contributed by atoms with van der Waals surface area (Å²) in [5.74, 6) is -1.36. The van der Waals surface area contributed by atoms with Crippen molar-refractivity contribution >= 4 is 46.5 Å². The average molecular weight is 608 g/mol. The van der Waals surface area contributed by atoms with Crippen LogP contribution in [-0.2, 0) is 31.1 Å². The topological polar surface area (TPSA) is 98.2 Å². The Labute approximate surface area is 252 Å². The monoisotopic (exact) mass is 607 g/mol. The molecular weight excluding hydrogens is 574 g/mol. The van der Waals surface area contributed by atoms with Gasteiger partial charge in [-0.25, -0.2) is 4.90 Å². The number of morpholine rings is 1. The lowest BCUT2D eigenvalue weighted by Crippen LogP contribution is -2.43. The number of amides is 3. The van der Waals surface area contributed by atoms with Crippen LogP contribution in [-0.4, -0.2) is 65.9 Å². The van der Waals surface area contributed by atoms with Gasteiger partial charge < -0.3 is 14.4 Å². The van der Waals surface area contributed by atoms with E-state index in [1.165, 1.54) is 21.2 Å². The van der Waals surface area contributed by atoms with Crippen LogP contribution in [0, 0.1) is 5.92 Å². The fourth-order valence-electron chi connectivity index (χ4n) is 5.84. The molecule has 3 aromatic rings. The summed E-state index contributed by atoms with van der Waals surface area (Å²) in [7, 11) is 1.56. The van der Waals surface area contributed by atoms with Gasteiger partial charge in [-0.3, -0.25) is 23.7 Å². The van der Waals surface area contributed by atoms with Crippen LogP contribution in [0.3, 0.4) is 0 Å². The highest BCUT2D eigenvalue weighted by atomic mass is 32.2. The predicted molar refractivity (Wildman–Crippen MR) is 162 cm³/mol. The highest BCUT2D eigenvalue weighted by Crippen LogP contribution is 2.54. The fourth-order valence-corrected chi connectivity index (χ4v) is 8.61. The fraction of sp³-hybridized carbons (Fsp3) is 0.419. The summed E-state index contributed by atoms with van der Waals surface area (Å²) in [5.41, 5.74) is 2.42. The van der Waals surface area contributed by atoms with Crippen molar-refractivity contribution in [3.05, 3.63) is 74.2 Å². The van der Waals surface area contributed by atoms with Gasteiger partial charge in [0.2, 0.25) is 17.7 Å². The van der Waals surface area contributed by atoms with E-state index in [9.17, 15) is 19.2 Å². The third-order valence-electron chi connectivity index (χ3n) is 8.17. The normalized spacial score (nSPS) is 22.2. The zero-order valence-electron chi connectivity index (χ0n) is 24.0. The van der Waals surface area contributed by atoms with Crippen molar-refractivity contribution < 1.29 is 23.9 Å². The van der Waals surface area contributed by atoms with Gasteiger partial charge in [0.05, 0.1) is 37.0 Å². The number of ether oxygens (including phenoxy) is 2. The largest absolute Gasteiger partial charge is 0.497 e. The average Bonchev–Trinajstić information content (AvgIpc) is 3.43. The van der Waals surface area contributed by atoms with Crippen LogP contribution in [0.25, 0.3) is 0 Å². The number of fused-ring (bicyclic) bond motifs is 2. The highest BCUT2D eigenvalue weighted by molar-refractivity contribution is 8.00. The third-order valence-corrected chi connectivity index (χ3v) is 10.8. The molecule has 4 heterocycles. The predicted octanol–water partition coefficient (Wildman–Crippen LogP) is 3.87. The lowest BCUT2D eigenvalue weighted by Gasteiger charge is -2.31. The van der Waals surface area contributed by atoms with Gasteiger partial charge in [-0.2, -0.15) is 0 Å². The zero-order valence-corrected chi connectivity index (χ0v) is 25.6. The second-order valence-corrected chi connectivity index (χ2v) is 13.9. The minimum absolute atomic E-state index is 0.0626. The van der Waals surface area contributed by atoms with Gasteiger partial charge >= 0.3 is 4.87 Å². The van der Waals surface area contributed by atoms with Gasteiger partial charge in [0.15, 0.2) is 0 Å². The van der Waals surface area contributed by atoms with Crippen LogP contribution in [0.4, 0.5) is 5.69 Å². The van der Waals surface area contributed by atoms with Crippen LogP contribution in [0.2, 0.25) is 0 Å². The van der Waals surface area contributed by atoms with Gasteiger partial charge in [0.1, 0.15) is 17.5 Å². The Bertz CT molecular complexity index is 1580. The van der Waals surface area contributed by atoms with E-state index in [1.54, 1.807) is 36.3 Å². The second kappa shape index (κ2) is 11.0. The number of carbonyl (C=O) groups is 3. The Morgan fingerprint density at radius 2 is 1.64 bits per heavy atom. The number of rotatable bonds is 5. The molecule has 0 aliphatic carbocycles. The standard InChI is InChI=1S/C31H33N3O6S2/c1-31(2,3)19-7-5-18(6-8-19)23-24-25(28(37)34(27(24)36)20-9-11-21(39-4)12-10-20)41-29-26(23)42-30(38)33(29)17-22(35)32-13-15-40-16-14-32/h5-12,23-25H,13-17H2,1-4H3/t23-,24-,25+/m0/s1. The molecule has 6 rings (SSSR count). The van der Waals surface area contributed by atoms with E-state index in [2.05, 4.69) is 32.9 Å². The van der Waals surface area contributed by atoms with Crippen molar-refractivity contribution in [2.24, 2.45) is 5.92 Å². The van der Waals surface area contributed by atoms with E-state index in [0.29, 0.717) is 42.8 Å². The molecule has 0 unspecified atom stereocenters. The Balaban J connectivity index is 1.43. The molecule has 42 heavy (non-hydrogen) atoms. The van der Waals surface area contributed by atoms with Gasteiger partial charge in [-0.1, -0.05) is 68.1 Å². The number of benzene rings is 2. The highest BCUT2D eigenvalue weighted by Gasteiger charge is 2.56. The first-order valence-electron chi connectivity index (χ1n) is 14.0. The van der Waals surface area contributed by atoms with E-state index in [1.807, 2.05) is 12.1 Å². The first-order valence-corrected chi connectivity index (χ1v) is 15.7. The van der Waals surface area contributed by atoms with E-state index in [4.69, 9.17) is 9.47 Å². The lowest BCUT2D eigenvalue weighted by atomic mass is 9.81. The first kappa shape index (κ1) is 28.7. The summed E-state index contributed by atoms with van der Waals surface area (Å²) in [6.45, 7) is 8.17. The molecule has 9 nitrogen and oxygen atoms in total. The maximum Gasteiger partial charge on any atom is 0.308 e. The van der Waals surface area contributed by atoms with Crippen LogP contribution in [0.5, 0.6) is 5.75 Å². The number of carbonyl (C=O) groups excluding carboxylic acids is 3. The molecular formula is C31H33N3O6S2. The van der Waals surface area contributed by atoms with Crippen molar-refractivity contribution in [3.63, 3.8) is 0 Å². The Morgan fingerprint density at radius 3 is 2.26 bits per heavy atom. The molecule has 2 aromatic carbocycles. The minimum atomic E-state index is -0.738. The number of hydrogen-bond donors (Lipinski definition) is 0. The number of thiazole rings is 1. The second-order valence-electron chi connectivity index (χ2n) is 11.7. The number of anilines is 1. The van der Waals surface area contributed by atoms with Gasteiger partial charge in [-0.05, 0) is 40.8 Å². The number of aromatic nitrogens is 1. The molecule has 0 radical (unpaired) electrons. The molecule has 2 fully saturated rings. The minimum Gasteiger partial charge on any atom is -0.497 e. The molecule has 2 saturated heterocycles. The van der Waals surface area contributed by atoms with Gasteiger partial charge in [0.25, 0.3) is 0 Å². The van der Waals surface area contributed by atoms with E-state index >= 15 is 0 Å². The molecule has 3 atom stereocenters. The maximum atomic E-state index is 14.1.